The molecule has 0 unspecified atom stereocenters. The van der Waals surface area contributed by atoms with Gasteiger partial charge in [0.25, 0.3) is 5.69 Å². The van der Waals surface area contributed by atoms with Crippen LogP contribution in [0.1, 0.15) is 15.9 Å². The first-order chi connectivity index (χ1) is 9.86. The molecule has 0 aromatic heterocycles. The first-order valence-electron chi connectivity index (χ1n) is 5.83. The van der Waals surface area contributed by atoms with Gasteiger partial charge < -0.3 is 9.84 Å². The van der Waals surface area contributed by atoms with E-state index in [9.17, 15) is 14.9 Å². The highest BCUT2D eigenvalue weighted by Crippen LogP contribution is 2.31. The summed E-state index contributed by atoms with van der Waals surface area (Å²) in [4.78, 5) is 21.5. The number of ether oxygens (including phenoxy) is 1. The van der Waals surface area contributed by atoms with Crippen LogP contribution in [0.2, 0.25) is 0 Å². The number of benzene rings is 2. The van der Waals surface area contributed by atoms with E-state index in [0.717, 1.165) is 0 Å². The lowest BCUT2D eigenvalue weighted by molar-refractivity contribution is -0.385. The lowest BCUT2D eigenvalue weighted by Gasteiger charge is -2.10. The van der Waals surface area contributed by atoms with Crippen molar-refractivity contribution in [2.45, 2.75) is 6.92 Å². The van der Waals surface area contributed by atoms with Crippen LogP contribution < -0.4 is 4.74 Å². The van der Waals surface area contributed by atoms with Gasteiger partial charge in [0.1, 0.15) is 17.1 Å². The molecule has 0 bridgehead atoms. The summed E-state index contributed by atoms with van der Waals surface area (Å²) < 4.78 is 6.15. The Morgan fingerprint density at radius 1 is 1.29 bits per heavy atom. The second kappa shape index (κ2) is 5.92. The van der Waals surface area contributed by atoms with Crippen LogP contribution in [0.4, 0.5) is 5.69 Å². The minimum absolute atomic E-state index is 0.0256. The van der Waals surface area contributed by atoms with Crippen molar-refractivity contribution in [1.29, 1.82) is 0 Å². The summed E-state index contributed by atoms with van der Waals surface area (Å²) in [6.07, 6.45) is 0. The molecule has 0 atom stereocenters. The number of nitro benzene ring substituents is 1. The van der Waals surface area contributed by atoms with Crippen molar-refractivity contribution in [3.05, 3.63) is 62.1 Å². The molecule has 0 aliphatic carbocycles. The molecule has 1 N–H and O–H groups in total. The number of aryl methyl sites for hydroxylation is 1. The third-order valence-electron chi connectivity index (χ3n) is 2.65. The Morgan fingerprint density at radius 2 is 2.00 bits per heavy atom. The van der Waals surface area contributed by atoms with Crippen molar-refractivity contribution < 1.29 is 19.6 Å². The van der Waals surface area contributed by atoms with Crippen LogP contribution in [-0.4, -0.2) is 16.0 Å². The van der Waals surface area contributed by atoms with Crippen molar-refractivity contribution >= 4 is 27.6 Å². The van der Waals surface area contributed by atoms with Crippen molar-refractivity contribution in [3.63, 3.8) is 0 Å². The molecule has 108 valence electrons. The Kier molecular flexibility index (Phi) is 4.23. The fraction of sp³-hybridized carbons (Fsp3) is 0.0714. The summed E-state index contributed by atoms with van der Waals surface area (Å²) in [5, 5.41) is 20.0. The minimum Gasteiger partial charge on any atom is -0.478 e. The molecule has 21 heavy (non-hydrogen) atoms. The zero-order chi connectivity index (χ0) is 15.6. The summed E-state index contributed by atoms with van der Waals surface area (Å²) in [5.41, 5.74) is 0.505. The Morgan fingerprint density at radius 3 is 2.62 bits per heavy atom. The SMILES string of the molecule is Cc1cc(Oc2cc(Br)ccc2C(=O)O)cc([N+](=O)[O-])c1. The maximum absolute atomic E-state index is 11.2. The smallest absolute Gasteiger partial charge is 0.339 e. The summed E-state index contributed by atoms with van der Waals surface area (Å²) >= 11 is 3.23. The number of rotatable bonds is 4. The molecule has 0 saturated heterocycles. The number of hydrogen-bond donors (Lipinski definition) is 1. The second-order valence-electron chi connectivity index (χ2n) is 4.31. The van der Waals surface area contributed by atoms with Gasteiger partial charge >= 0.3 is 5.97 Å². The summed E-state index contributed by atoms with van der Waals surface area (Å²) in [7, 11) is 0. The van der Waals surface area contributed by atoms with Crippen LogP contribution in [0.5, 0.6) is 11.5 Å². The molecular weight excluding hydrogens is 342 g/mol. The van der Waals surface area contributed by atoms with Gasteiger partial charge in [-0.2, -0.15) is 0 Å². The first-order valence-corrected chi connectivity index (χ1v) is 6.63. The number of carbonyl (C=O) groups is 1. The minimum atomic E-state index is -1.14. The molecule has 0 aliphatic heterocycles. The normalized spacial score (nSPS) is 10.2. The molecule has 0 amide bonds. The third kappa shape index (κ3) is 3.57. The molecule has 7 heteroatoms. The predicted molar refractivity (Wildman–Crippen MR) is 79.0 cm³/mol. The molecule has 0 spiro atoms. The van der Waals surface area contributed by atoms with Gasteiger partial charge in [0.05, 0.1) is 11.0 Å². The molecule has 0 fully saturated rings. The van der Waals surface area contributed by atoms with E-state index >= 15 is 0 Å². The second-order valence-corrected chi connectivity index (χ2v) is 5.22. The fourth-order valence-electron chi connectivity index (χ4n) is 1.78. The van der Waals surface area contributed by atoms with E-state index in [1.54, 1.807) is 19.1 Å². The molecule has 2 aromatic carbocycles. The maximum atomic E-state index is 11.2. The number of carboxylic acid groups (broad SMARTS) is 1. The Bertz CT molecular complexity index is 729. The van der Waals surface area contributed by atoms with Crippen LogP contribution in [0.3, 0.4) is 0 Å². The number of halogens is 1. The molecule has 0 saturated carbocycles. The number of nitro groups is 1. The van der Waals surface area contributed by atoms with E-state index in [1.165, 1.54) is 24.3 Å². The van der Waals surface area contributed by atoms with Gasteiger partial charge in [-0.15, -0.1) is 0 Å². The van der Waals surface area contributed by atoms with Crippen LogP contribution >= 0.6 is 15.9 Å². The number of aromatic carboxylic acids is 1. The predicted octanol–water partition coefficient (Wildman–Crippen LogP) is 4.16. The third-order valence-corrected chi connectivity index (χ3v) is 3.14. The van der Waals surface area contributed by atoms with Crippen LogP contribution in [-0.2, 0) is 0 Å². The average Bonchev–Trinajstić information content (AvgIpc) is 2.37. The molecule has 0 aliphatic rings. The zero-order valence-electron chi connectivity index (χ0n) is 10.9. The van der Waals surface area contributed by atoms with Crippen molar-refractivity contribution in [2.24, 2.45) is 0 Å². The number of nitrogens with zero attached hydrogens (tertiary/aromatic N) is 1. The van der Waals surface area contributed by atoms with Gasteiger partial charge in [0.15, 0.2) is 0 Å². The average molecular weight is 352 g/mol. The lowest BCUT2D eigenvalue weighted by Crippen LogP contribution is -2.00. The standard InChI is InChI=1S/C14H10BrNO5/c1-8-4-10(16(19)20)7-11(5-8)21-13-6-9(15)2-3-12(13)14(17)18/h2-7H,1H3,(H,17,18). The summed E-state index contributed by atoms with van der Waals surface area (Å²) in [6.45, 7) is 1.69. The monoisotopic (exact) mass is 351 g/mol. The van der Waals surface area contributed by atoms with Crippen LogP contribution in [0.15, 0.2) is 40.9 Å². The molecule has 0 radical (unpaired) electrons. The Labute approximate surface area is 128 Å². The van der Waals surface area contributed by atoms with Gasteiger partial charge in [-0.05, 0) is 36.8 Å². The molecule has 6 nitrogen and oxygen atoms in total. The maximum Gasteiger partial charge on any atom is 0.339 e. The van der Waals surface area contributed by atoms with Crippen LogP contribution in [0.25, 0.3) is 0 Å². The van der Waals surface area contributed by atoms with E-state index in [4.69, 9.17) is 9.84 Å². The Balaban J connectivity index is 2.45. The van der Waals surface area contributed by atoms with E-state index < -0.39 is 10.9 Å². The number of hydrogen-bond acceptors (Lipinski definition) is 4. The highest BCUT2D eigenvalue weighted by molar-refractivity contribution is 9.10. The largest absolute Gasteiger partial charge is 0.478 e. The quantitative estimate of drug-likeness (QED) is 0.659. The zero-order valence-corrected chi connectivity index (χ0v) is 12.5. The van der Waals surface area contributed by atoms with E-state index in [-0.39, 0.29) is 22.7 Å². The highest BCUT2D eigenvalue weighted by atomic mass is 79.9. The van der Waals surface area contributed by atoms with Gasteiger partial charge in [-0.3, -0.25) is 10.1 Å². The molecule has 2 aromatic rings. The highest BCUT2D eigenvalue weighted by Gasteiger charge is 2.15. The fourth-order valence-corrected chi connectivity index (χ4v) is 2.12. The van der Waals surface area contributed by atoms with Gasteiger partial charge in [0, 0.05) is 10.5 Å². The van der Waals surface area contributed by atoms with Crippen molar-refractivity contribution in [1.82, 2.24) is 0 Å². The lowest BCUT2D eigenvalue weighted by atomic mass is 10.2. The van der Waals surface area contributed by atoms with Gasteiger partial charge in [0.2, 0.25) is 0 Å². The van der Waals surface area contributed by atoms with Gasteiger partial charge in [-0.25, -0.2) is 4.79 Å². The van der Waals surface area contributed by atoms with E-state index in [0.29, 0.717) is 10.0 Å². The van der Waals surface area contributed by atoms with Gasteiger partial charge in [-0.1, -0.05) is 15.9 Å². The van der Waals surface area contributed by atoms with Crippen molar-refractivity contribution in [3.8, 4) is 11.5 Å². The van der Waals surface area contributed by atoms with E-state index in [2.05, 4.69) is 15.9 Å². The molecule has 2 rings (SSSR count). The summed E-state index contributed by atoms with van der Waals surface area (Å²) in [5.74, 6) is -0.821. The first kappa shape index (κ1) is 15.0. The number of non-ortho nitro benzene ring substituents is 1. The molecular formula is C14H10BrNO5. The topological polar surface area (TPSA) is 89.7 Å². The Hall–Kier alpha value is -2.41. The summed E-state index contributed by atoms with van der Waals surface area (Å²) in [6, 6.07) is 8.73. The number of carboxylic acids is 1. The molecule has 0 heterocycles. The van der Waals surface area contributed by atoms with Crippen molar-refractivity contribution in [2.75, 3.05) is 0 Å². The van der Waals surface area contributed by atoms with Crippen LogP contribution in [0, 0.1) is 17.0 Å². The van der Waals surface area contributed by atoms with E-state index in [1.807, 2.05) is 0 Å².